The number of aromatic amines is 2. The molecule has 3 saturated heterocycles. The molecule has 8 aromatic rings. The van der Waals surface area contributed by atoms with Crippen molar-refractivity contribution in [3.63, 3.8) is 0 Å². The minimum atomic E-state index is -1.00. The van der Waals surface area contributed by atoms with Gasteiger partial charge in [-0.05, 0) is 157 Å². The Labute approximate surface area is 702 Å². The number of nitrogens with one attached hydrogen (secondary N) is 4. The Morgan fingerprint density at radius 3 is 1.43 bits per heavy atom. The number of piperazine rings is 2. The average Bonchev–Trinajstić information content (AvgIpc) is 1.08. The van der Waals surface area contributed by atoms with Crippen LogP contribution < -0.4 is 89.9 Å². The smallest absolute Gasteiger partial charge is 0.320 e. The number of H-pyrrole nitrogens is 2. The Bertz CT molecular complexity index is 3220. The lowest BCUT2D eigenvalue weighted by molar-refractivity contribution is -0.138. The van der Waals surface area contributed by atoms with E-state index in [2.05, 4.69) is 57.3 Å². The molecular formula is C78H137N25O5S6. The number of benzene rings is 5. The van der Waals surface area contributed by atoms with Crippen molar-refractivity contribution >= 4 is 93.5 Å². The number of carboxylic acid groups (broad SMARTS) is 1. The van der Waals surface area contributed by atoms with E-state index in [0.29, 0.717) is 39.3 Å². The topological polar surface area (TPSA) is 537 Å². The van der Waals surface area contributed by atoms with Crippen LogP contribution in [0.1, 0.15) is 43.5 Å². The number of hydrogen-bond acceptors (Lipinski definition) is 32. The number of aromatic nitrogens is 6. The molecule has 0 bridgehead atoms. The number of aliphatic hydroxyl groups excluding tert-OH is 2. The van der Waals surface area contributed by atoms with Gasteiger partial charge in [0.1, 0.15) is 18.4 Å². The zero-order chi connectivity index (χ0) is 83.5. The van der Waals surface area contributed by atoms with Crippen LogP contribution in [-0.2, 0) is 24.2 Å². The molecule has 0 unspecified atom stereocenters. The minimum absolute atomic E-state index is 0.125. The van der Waals surface area contributed by atoms with Gasteiger partial charge in [0, 0.05) is 221 Å². The highest BCUT2D eigenvalue weighted by Crippen LogP contribution is 2.42. The number of nitrogens with zero attached hydrogens (tertiary/aromatic N) is 8. The van der Waals surface area contributed by atoms with Crippen molar-refractivity contribution in [1.29, 1.82) is 0 Å². The molecule has 33 N–H and O–H groups in total. The maximum Gasteiger partial charge on any atom is 0.320 e. The van der Waals surface area contributed by atoms with Crippen LogP contribution in [0.2, 0.25) is 0 Å². The van der Waals surface area contributed by atoms with E-state index in [1.165, 1.54) is 81.2 Å². The first kappa shape index (κ1) is 106. The molecule has 3 aromatic heterocycles. The van der Waals surface area contributed by atoms with Crippen molar-refractivity contribution in [1.82, 2.24) is 59.7 Å². The highest BCUT2D eigenvalue weighted by Gasteiger charge is 2.14. The van der Waals surface area contributed by atoms with Crippen molar-refractivity contribution in [2.75, 3.05) is 212 Å². The number of nitrogen functional groups attached to an aromatic ring is 4. The van der Waals surface area contributed by atoms with E-state index < -0.39 is 12.0 Å². The van der Waals surface area contributed by atoms with Crippen LogP contribution >= 0.6 is 64.8 Å². The number of carbonyl (C=O) groups is 1. The summed E-state index contributed by atoms with van der Waals surface area (Å²) in [4.78, 5) is 41.2. The first-order valence-corrected chi connectivity index (χ1v) is 45.3. The Balaban J connectivity index is 0.000000634. The largest absolute Gasteiger partial charge is 0.492 e. The number of para-hydroxylation sites is 3. The fraction of sp³-hybridized carbons (Fsp3) is 0.487. The van der Waals surface area contributed by atoms with Gasteiger partial charge in [0.25, 0.3) is 0 Å². The number of rotatable bonds is 33. The number of hydrogen-bond donors (Lipinski definition) is 20. The summed E-state index contributed by atoms with van der Waals surface area (Å²) in [7, 11) is 12.4. The monoisotopic (exact) mass is 1700 g/mol. The van der Waals surface area contributed by atoms with Gasteiger partial charge in [0.2, 0.25) is 0 Å². The molecule has 0 amide bonds. The number of ether oxygens (including phenoxy) is 1. The number of aliphatic carboxylic acids is 1. The molecule has 3 aliphatic heterocycles. The molecule has 640 valence electrons. The first-order chi connectivity index (χ1) is 55.5. The van der Waals surface area contributed by atoms with Crippen LogP contribution in [0.15, 0.2) is 191 Å². The van der Waals surface area contributed by atoms with Gasteiger partial charge in [-0.1, -0.05) is 114 Å². The summed E-state index contributed by atoms with van der Waals surface area (Å²) in [5, 5.41) is 31.9. The number of piperidine rings is 1. The number of nitrogens with two attached hydrogens (primary N) is 13. The Morgan fingerprint density at radius 2 is 1.02 bits per heavy atom. The van der Waals surface area contributed by atoms with E-state index in [4.69, 9.17) is 94.6 Å². The summed E-state index contributed by atoms with van der Waals surface area (Å²) in [6.45, 7) is 23.7. The Morgan fingerprint density at radius 1 is 0.526 bits per heavy atom. The third-order valence-corrected chi connectivity index (χ3v) is 22.9. The van der Waals surface area contributed by atoms with Gasteiger partial charge in [-0.3, -0.25) is 9.69 Å². The second kappa shape index (κ2) is 75.4. The predicted octanol–water partition coefficient (Wildman–Crippen LogP) is 5.54. The minimum Gasteiger partial charge on any atom is -0.492 e. The fourth-order valence-electron chi connectivity index (χ4n) is 9.40. The molecule has 6 heterocycles. The third-order valence-electron chi connectivity index (χ3n) is 15.5. The molecule has 114 heavy (non-hydrogen) atoms. The summed E-state index contributed by atoms with van der Waals surface area (Å²) >= 11 is 0. The molecule has 1 atom stereocenters. The molecule has 0 spiro atoms. The lowest BCUT2D eigenvalue weighted by atomic mass is 10.1. The molecule has 0 radical (unpaired) electrons. The van der Waals surface area contributed by atoms with Crippen LogP contribution in [0.5, 0.6) is 5.75 Å². The number of likely N-dealkylation sites (tertiary alicyclic amines) is 1. The van der Waals surface area contributed by atoms with Crippen molar-refractivity contribution in [2.45, 2.75) is 77.1 Å². The number of anilines is 4. The molecule has 30 nitrogen and oxygen atoms in total. The van der Waals surface area contributed by atoms with Crippen LogP contribution in [0.4, 0.5) is 22.7 Å². The SMILES string of the molecule is C1CNCCN1.CN1CCN(CCCN)CC1.NCCCn1ccnc1.NCCN(CCO)CCO.NCCN1CCCCC1.NCCOc1ccccc1.NCCSSCCN.NCCc1cnc[nH]1.N[C@H](Cc1cnc[nH]1)C(=O)O.Nc1ccc(SSc2ccc(N)cc2)cc1.Nc1ccccc1SSc1ccccc1N. The van der Waals surface area contributed by atoms with Crippen LogP contribution in [0.3, 0.4) is 0 Å². The summed E-state index contributed by atoms with van der Waals surface area (Å²) in [5.74, 6) is 1.95. The zero-order valence-corrected chi connectivity index (χ0v) is 71.8. The van der Waals surface area contributed by atoms with E-state index in [0.717, 1.165) is 159 Å². The zero-order valence-electron chi connectivity index (χ0n) is 66.9. The van der Waals surface area contributed by atoms with E-state index >= 15 is 0 Å². The van der Waals surface area contributed by atoms with Gasteiger partial charge in [0.15, 0.2) is 0 Å². The fourth-order valence-corrected chi connectivity index (χ4v) is 15.3. The highest BCUT2D eigenvalue weighted by molar-refractivity contribution is 8.77. The second-order valence-corrected chi connectivity index (χ2v) is 32.2. The summed E-state index contributed by atoms with van der Waals surface area (Å²) < 4.78 is 7.25. The number of aryl methyl sites for hydroxylation is 1. The van der Waals surface area contributed by atoms with E-state index in [9.17, 15) is 4.79 Å². The maximum atomic E-state index is 10.3. The summed E-state index contributed by atoms with van der Waals surface area (Å²) in [6.07, 6.45) is 19.5. The molecule has 3 fully saturated rings. The summed E-state index contributed by atoms with van der Waals surface area (Å²) in [6, 6.07) is 40.1. The maximum absolute atomic E-state index is 10.3. The van der Waals surface area contributed by atoms with E-state index in [1.807, 2.05) is 143 Å². The second-order valence-electron chi connectivity index (χ2n) is 25.1. The van der Waals surface area contributed by atoms with E-state index in [-0.39, 0.29) is 19.6 Å². The number of imidazole rings is 3. The van der Waals surface area contributed by atoms with Gasteiger partial charge in [-0.15, -0.1) is 0 Å². The van der Waals surface area contributed by atoms with Gasteiger partial charge >= 0.3 is 5.97 Å². The summed E-state index contributed by atoms with van der Waals surface area (Å²) in [5.41, 5.74) is 75.7. The highest BCUT2D eigenvalue weighted by atomic mass is 33.1. The van der Waals surface area contributed by atoms with Gasteiger partial charge in [-0.2, -0.15) is 0 Å². The predicted molar refractivity (Wildman–Crippen MR) is 488 cm³/mol. The lowest BCUT2D eigenvalue weighted by Crippen LogP contribution is -2.44. The van der Waals surface area contributed by atoms with Crippen molar-refractivity contribution in [3.8, 4) is 5.75 Å². The van der Waals surface area contributed by atoms with Crippen molar-refractivity contribution in [3.05, 3.63) is 183 Å². The number of likely N-dealkylation sites (N-methyl/N-ethyl adjacent to an activating group) is 1. The molecule has 3 aliphatic rings. The van der Waals surface area contributed by atoms with Gasteiger partial charge < -0.3 is 134 Å². The van der Waals surface area contributed by atoms with Gasteiger partial charge in [-0.25, -0.2) is 15.0 Å². The van der Waals surface area contributed by atoms with Crippen molar-refractivity contribution < 1.29 is 24.9 Å². The molecule has 11 rings (SSSR count). The molecule has 0 aliphatic carbocycles. The Hall–Kier alpha value is -6.38. The quantitative estimate of drug-likeness (QED) is 0.0136. The van der Waals surface area contributed by atoms with E-state index in [1.54, 1.807) is 96.0 Å². The lowest BCUT2D eigenvalue weighted by Gasteiger charge is -2.32. The third kappa shape index (κ3) is 60.2. The molecular weight excluding hydrogens is 1560 g/mol. The molecule has 5 aromatic carbocycles. The first-order valence-electron chi connectivity index (χ1n) is 38.5. The molecule has 36 heteroatoms. The number of aliphatic hydroxyl groups is 2. The van der Waals surface area contributed by atoms with Gasteiger partial charge in [0.05, 0.1) is 32.2 Å². The van der Waals surface area contributed by atoms with Crippen LogP contribution in [0.25, 0.3) is 0 Å². The normalized spacial score (nSPS) is 13.2. The van der Waals surface area contributed by atoms with Crippen molar-refractivity contribution in [2.24, 2.45) is 51.6 Å². The Kier molecular flexibility index (Phi) is 69.8. The number of carboxylic acids is 1. The average molecular weight is 1700 g/mol. The van der Waals surface area contributed by atoms with Crippen LogP contribution in [-0.4, -0.2) is 265 Å². The van der Waals surface area contributed by atoms with Crippen LogP contribution in [0, 0.1) is 0 Å². The standard InChI is InChI=1S/2C12H12N2S2.C8H19N3.C8H11NO.C7H16N2.C6H9N3O2.C6H11N3.C6H16N2O2.C5H9N3.C4H12N2S2.C4H10N2/c13-9-1-5-11(6-2-9)15-16-12-7-3-10(14)4-8-12;13-9-5-1-3-7-11(9)15-16-12-8-4-2-6-10(12)14;1-10-5-7-11(8-6-10)4-2-3-9;9-6-7-10-8-4-2-1-3-5-8;8-4-7-9-5-2-1-3-6-9;7-5(6(10)11)1-4-2-8-3-9-4;7-2-1-4-9-5-3-8-6-9;7-1-2-8(3-5-9)4-6-10;6-2-1-5-3-7-4-8-5;5-1-3-7-8-4-2-6;1-2-6-4-3-5-1/h2*1-8H,13-14H2;2-9H2,1H3;1-5H,6-7,9H2;1-8H2;2-3,5H,1,7H2,(H,8,9)(H,10,11);3,5-6H,1-2,4,7H2;9-10H,1-7H2;3-4H,1-2,6H2,(H,7,8);1-6H2;5-6H,1-4H2/t;;;;;5-;;;;;/m.....1...../s1. The molecule has 0 saturated carbocycles.